The number of aliphatic hydroxyl groups is 1. The molecule has 3 nitrogen and oxygen atoms in total. The van der Waals surface area contributed by atoms with Crippen LogP contribution in [0.15, 0.2) is 54.0 Å². The molecule has 3 rings (SSSR count). The summed E-state index contributed by atoms with van der Waals surface area (Å²) in [5, 5.41) is 11.3. The van der Waals surface area contributed by atoms with Crippen LogP contribution in [-0.2, 0) is 13.1 Å². The molecule has 3 aromatic rings. The summed E-state index contributed by atoms with van der Waals surface area (Å²) >= 11 is 1.72. The maximum absolute atomic E-state index is 9.28. The number of aliphatic hydroxyl groups excluding tert-OH is 1. The van der Waals surface area contributed by atoms with Crippen LogP contribution in [0.5, 0.6) is 0 Å². The van der Waals surface area contributed by atoms with Crippen LogP contribution in [0.3, 0.4) is 0 Å². The topological polar surface area (TPSA) is 36.4 Å². The first kappa shape index (κ1) is 14.2. The minimum atomic E-state index is 0.168. The lowest BCUT2D eigenvalue weighted by Crippen LogP contribution is -2.26. The van der Waals surface area contributed by atoms with Crippen LogP contribution >= 0.6 is 11.3 Å². The summed E-state index contributed by atoms with van der Waals surface area (Å²) in [6, 6.07) is 14.6. The molecule has 1 N–H and O–H groups in total. The first-order valence-corrected chi connectivity index (χ1v) is 7.92. The Balaban J connectivity index is 1.74. The van der Waals surface area contributed by atoms with E-state index in [0.29, 0.717) is 6.54 Å². The van der Waals surface area contributed by atoms with Crippen LogP contribution in [0.25, 0.3) is 10.2 Å². The molecule has 0 bridgehead atoms. The van der Waals surface area contributed by atoms with Crippen molar-refractivity contribution >= 4 is 21.6 Å². The number of pyridine rings is 1. The average molecular weight is 298 g/mol. The fourth-order valence-electron chi connectivity index (χ4n) is 2.43. The highest BCUT2D eigenvalue weighted by Gasteiger charge is 2.08. The molecule has 0 atom stereocenters. The van der Waals surface area contributed by atoms with E-state index in [1.54, 1.807) is 11.3 Å². The van der Waals surface area contributed by atoms with Gasteiger partial charge >= 0.3 is 0 Å². The van der Waals surface area contributed by atoms with Gasteiger partial charge in [0.2, 0.25) is 0 Å². The van der Waals surface area contributed by atoms with E-state index in [-0.39, 0.29) is 6.61 Å². The van der Waals surface area contributed by atoms with Gasteiger partial charge in [0, 0.05) is 25.8 Å². The molecule has 0 aliphatic carbocycles. The van der Waals surface area contributed by atoms with Gasteiger partial charge in [-0.2, -0.15) is 0 Å². The number of benzene rings is 1. The maximum atomic E-state index is 9.28. The molecule has 0 aliphatic heterocycles. The van der Waals surface area contributed by atoms with Crippen molar-refractivity contribution < 1.29 is 5.11 Å². The van der Waals surface area contributed by atoms with Crippen LogP contribution in [-0.4, -0.2) is 28.1 Å². The lowest BCUT2D eigenvalue weighted by molar-refractivity contribution is 0.184. The summed E-state index contributed by atoms with van der Waals surface area (Å²) in [7, 11) is 0. The number of hydrogen-bond donors (Lipinski definition) is 1. The Morgan fingerprint density at radius 3 is 2.67 bits per heavy atom. The molecule has 0 fully saturated rings. The number of aromatic nitrogens is 1. The van der Waals surface area contributed by atoms with Gasteiger partial charge in [-0.25, -0.2) is 0 Å². The zero-order chi connectivity index (χ0) is 14.5. The molecule has 2 aromatic heterocycles. The van der Waals surface area contributed by atoms with Crippen LogP contribution in [0, 0.1) is 0 Å². The predicted octanol–water partition coefficient (Wildman–Crippen LogP) is 3.29. The van der Waals surface area contributed by atoms with Crippen LogP contribution < -0.4 is 0 Å². The van der Waals surface area contributed by atoms with Gasteiger partial charge in [0.1, 0.15) is 0 Å². The van der Waals surface area contributed by atoms with Crippen LogP contribution in [0.2, 0.25) is 0 Å². The van der Waals surface area contributed by atoms with Crippen molar-refractivity contribution in [2.75, 3.05) is 13.2 Å². The van der Waals surface area contributed by atoms with E-state index in [1.165, 1.54) is 15.8 Å². The van der Waals surface area contributed by atoms with Gasteiger partial charge in [0.15, 0.2) is 0 Å². The highest BCUT2D eigenvalue weighted by molar-refractivity contribution is 7.17. The van der Waals surface area contributed by atoms with Crippen LogP contribution in [0.1, 0.15) is 11.1 Å². The summed E-state index contributed by atoms with van der Waals surface area (Å²) in [6.07, 6.45) is 1.93. The average Bonchev–Trinajstić information content (AvgIpc) is 2.96. The second kappa shape index (κ2) is 6.80. The molecule has 0 unspecified atom stereocenters. The molecule has 21 heavy (non-hydrogen) atoms. The Kier molecular flexibility index (Phi) is 4.60. The Labute approximate surface area is 128 Å². The summed E-state index contributed by atoms with van der Waals surface area (Å²) in [5.74, 6) is 0. The maximum Gasteiger partial charge on any atom is 0.0809 e. The molecule has 0 aliphatic rings. The minimum absolute atomic E-state index is 0.168. The van der Waals surface area contributed by atoms with Gasteiger partial charge in [-0.15, -0.1) is 11.3 Å². The van der Waals surface area contributed by atoms with Crippen molar-refractivity contribution in [3.8, 4) is 0 Å². The van der Waals surface area contributed by atoms with Gasteiger partial charge in [-0.05, 0) is 28.6 Å². The number of nitrogens with zero attached hydrogens (tertiary/aromatic N) is 2. The zero-order valence-electron chi connectivity index (χ0n) is 11.8. The molecule has 0 saturated carbocycles. The Bertz CT molecular complexity index is 696. The van der Waals surface area contributed by atoms with Crippen molar-refractivity contribution in [3.05, 3.63) is 65.2 Å². The van der Waals surface area contributed by atoms with Gasteiger partial charge in [-0.1, -0.05) is 30.3 Å². The van der Waals surface area contributed by atoms with E-state index in [2.05, 4.69) is 33.5 Å². The predicted molar refractivity (Wildman–Crippen MR) is 87.3 cm³/mol. The smallest absolute Gasteiger partial charge is 0.0809 e. The third-order valence-corrected chi connectivity index (χ3v) is 4.28. The molecule has 2 heterocycles. The molecule has 0 radical (unpaired) electrons. The van der Waals surface area contributed by atoms with Crippen molar-refractivity contribution in [1.29, 1.82) is 0 Å². The van der Waals surface area contributed by atoms with E-state index >= 15 is 0 Å². The lowest BCUT2D eigenvalue weighted by Gasteiger charge is -2.21. The number of rotatable bonds is 6. The van der Waals surface area contributed by atoms with Crippen molar-refractivity contribution in [3.63, 3.8) is 0 Å². The summed E-state index contributed by atoms with van der Waals surface area (Å²) in [6.45, 7) is 2.47. The fourth-order valence-corrected chi connectivity index (χ4v) is 3.23. The zero-order valence-corrected chi connectivity index (χ0v) is 12.6. The molecular formula is C17H18N2OS. The number of hydrogen-bond acceptors (Lipinski definition) is 4. The molecule has 0 amide bonds. The van der Waals surface area contributed by atoms with E-state index in [4.69, 9.17) is 0 Å². The third kappa shape index (κ3) is 3.67. The Hall–Kier alpha value is -1.75. The minimum Gasteiger partial charge on any atom is -0.395 e. The Morgan fingerprint density at radius 1 is 1.05 bits per heavy atom. The van der Waals surface area contributed by atoms with Gasteiger partial charge in [0.25, 0.3) is 0 Å². The number of thiophene rings is 1. The van der Waals surface area contributed by atoms with Crippen molar-refractivity contribution in [2.24, 2.45) is 0 Å². The van der Waals surface area contributed by atoms with E-state index < -0.39 is 0 Å². The highest BCUT2D eigenvalue weighted by atomic mass is 32.1. The van der Waals surface area contributed by atoms with E-state index in [9.17, 15) is 5.11 Å². The fraction of sp³-hybridized carbons (Fsp3) is 0.235. The largest absolute Gasteiger partial charge is 0.395 e. The van der Waals surface area contributed by atoms with Gasteiger partial charge < -0.3 is 5.11 Å². The molecule has 108 valence electrons. The quantitative estimate of drug-likeness (QED) is 0.758. The normalized spacial score (nSPS) is 11.3. The molecular weight excluding hydrogens is 280 g/mol. The monoisotopic (exact) mass is 298 g/mol. The summed E-state index contributed by atoms with van der Waals surface area (Å²) in [4.78, 5) is 6.72. The second-order valence-electron chi connectivity index (χ2n) is 5.07. The van der Waals surface area contributed by atoms with Gasteiger partial charge in [0.05, 0.1) is 16.8 Å². The first-order valence-electron chi connectivity index (χ1n) is 7.04. The highest BCUT2D eigenvalue weighted by Crippen LogP contribution is 2.20. The molecule has 0 saturated heterocycles. The van der Waals surface area contributed by atoms with E-state index in [0.717, 1.165) is 18.6 Å². The molecule has 0 spiro atoms. The van der Waals surface area contributed by atoms with Crippen molar-refractivity contribution in [1.82, 2.24) is 9.88 Å². The van der Waals surface area contributed by atoms with Gasteiger partial charge in [-0.3, -0.25) is 9.88 Å². The van der Waals surface area contributed by atoms with Crippen LogP contribution in [0.4, 0.5) is 0 Å². The van der Waals surface area contributed by atoms with E-state index in [1.807, 2.05) is 30.5 Å². The third-order valence-electron chi connectivity index (χ3n) is 3.43. The SMILES string of the molecule is OCCN(Cc1ccccc1)Cc1cnc2ccsc2c1. The first-order chi connectivity index (χ1) is 10.3. The lowest BCUT2D eigenvalue weighted by atomic mass is 10.2. The summed E-state index contributed by atoms with van der Waals surface area (Å²) < 4.78 is 1.22. The summed E-state index contributed by atoms with van der Waals surface area (Å²) in [5.41, 5.74) is 3.51. The standard InChI is InChI=1S/C17H18N2OS/c20-8-7-19(12-14-4-2-1-3-5-14)13-15-10-17-16(18-11-15)6-9-21-17/h1-6,9-11,20H,7-8,12-13H2. The second-order valence-corrected chi connectivity index (χ2v) is 6.02. The Morgan fingerprint density at radius 2 is 1.86 bits per heavy atom. The molecule has 1 aromatic carbocycles. The number of fused-ring (bicyclic) bond motifs is 1. The van der Waals surface area contributed by atoms with Crippen molar-refractivity contribution in [2.45, 2.75) is 13.1 Å². The molecule has 4 heteroatoms.